The molecule has 138 valence electrons. The van der Waals surface area contributed by atoms with Crippen LogP contribution in [0, 0.1) is 20.8 Å². The largest absolute Gasteiger partial charge is 0.356 e. The summed E-state index contributed by atoms with van der Waals surface area (Å²) in [6, 6.07) is 1.88. The third kappa shape index (κ3) is 3.72. The quantitative estimate of drug-likeness (QED) is 0.800. The number of aromatic nitrogens is 3. The molecule has 2 aromatic rings. The minimum Gasteiger partial charge on any atom is -0.356 e. The van der Waals surface area contributed by atoms with Crippen LogP contribution in [0.4, 0.5) is 5.82 Å². The molecule has 0 radical (unpaired) electrons. The van der Waals surface area contributed by atoms with Crippen LogP contribution in [0.5, 0.6) is 0 Å². The second-order valence-electron chi connectivity index (χ2n) is 6.61. The first-order chi connectivity index (χ1) is 12.4. The van der Waals surface area contributed by atoms with Crippen LogP contribution in [-0.2, 0) is 6.54 Å². The van der Waals surface area contributed by atoms with Gasteiger partial charge >= 0.3 is 0 Å². The summed E-state index contributed by atoms with van der Waals surface area (Å²) in [5.41, 5.74) is 2.90. The number of nitrogens with zero attached hydrogens (tertiary/aromatic N) is 3. The number of carbonyl (C=O) groups is 1. The third-order valence-electron chi connectivity index (χ3n) is 4.63. The number of hydrogen-bond donors (Lipinski definition) is 2. The Hall–Kier alpha value is -2.41. The van der Waals surface area contributed by atoms with Gasteiger partial charge in [-0.3, -0.25) is 9.59 Å². The number of rotatable bonds is 4. The molecular weight excluding hydrogens is 354 g/mol. The average molecular weight is 376 g/mol. The lowest BCUT2D eigenvalue weighted by Crippen LogP contribution is -2.30. The Labute approximate surface area is 156 Å². The first-order valence-corrected chi connectivity index (χ1v) is 9.01. The molecule has 0 unspecified atom stereocenters. The molecule has 0 atom stereocenters. The fraction of sp³-hybridized carbons (Fsp3) is 0.444. The van der Waals surface area contributed by atoms with E-state index >= 15 is 0 Å². The monoisotopic (exact) mass is 375 g/mol. The van der Waals surface area contributed by atoms with E-state index in [1.807, 2.05) is 26.8 Å². The van der Waals surface area contributed by atoms with Crippen molar-refractivity contribution in [2.24, 2.45) is 0 Å². The Balaban J connectivity index is 1.83. The SMILES string of the molecule is Cc1cc(C)c(CNC(=O)c2nc(Cl)nc(N3CCCC3)c2C)c(=O)[nH]1. The lowest BCUT2D eigenvalue weighted by atomic mass is 10.1. The molecule has 1 aliphatic heterocycles. The van der Waals surface area contributed by atoms with Gasteiger partial charge in [-0.05, 0) is 56.8 Å². The molecule has 2 aromatic heterocycles. The summed E-state index contributed by atoms with van der Waals surface area (Å²) >= 11 is 6.05. The highest BCUT2D eigenvalue weighted by Crippen LogP contribution is 2.25. The maximum atomic E-state index is 12.7. The van der Waals surface area contributed by atoms with Crippen molar-refractivity contribution in [1.82, 2.24) is 20.3 Å². The molecule has 0 spiro atoms. The van der Waals surface area contributed by atoms with Gasteiger partial charge < -0.3 is 15.2 Å². The zero-order valence-corrected chi connectivity index (χ0v) is 15.9. The van der Waals surface area contributed by atoms with Crippen LogP contribution in [0.25, 0.3) is 0 Å². The predicted octanol–water partition coefficient (Wildman–Crippen LogP) is 2.27. The number of anilines is 1. The number of hydrogen-bond acceptors (Lipinski definition) is 5. The molecular formula is C18H22ClN5O2. The second kappa shape index (κ2) is 7.45. The number of amides is 1. The molecule has 1 aliphatic rings. The molecule has 1 fully saturated rings. The summed E-state index contributed by atoms with van der Waals surface area (Å²) in [5, 5.41) is 2.82. The van der Waals surface area contributed by atoms with Gasteiger partial charge in [0.05, 0.1) is 0 Å². The van der Waals surface area contributed by atoms with E-state index in [1.54, 1.807) is 0 Å². The van der Waals surface area contributed by atoms with Crippen LogP contribution < -0.4 is 15.8 Å². The van der Waals surface area contributed by atoms with Gasteiger partial charge in [0, 0.05) is 36.5 Å². The first kappa shape index (κ1) is 18.4. The van der Waals surface area contributed by atoms with E-state index in [1.165, 1.54) is 0 Å². The molecule has 7 nitrogen and oxygen atoms in total. The number of halogens is 1. The van der Waals surface area contributed by atoms with E-state index < -0.39 is 0 Å². The molecule has 8 heteroatoms. The molecule has 1 amide bonds. The van der Waals surface area contributed by atoms with Crippen LogP contribution in [0.3, 0.4) is 0 Å². The van der Waals surface area contributed by atoms with E-state index in [4.69, 9.17) is 11.6 Å². The zero-order chi connectivity index (χ0) is 18.8. The van der Waals surface area contributed by atoms with Crippen LogP contribution in [0.15, 0.2) is 10.9 Å². The minimum atomic E-state index is -0.369. The Morgan fingerprint density at radius 1 is 1.27 bits per heavy atom. The van der Waals surface area contributed by atoms with Crippen molar-refractivity contribution in [3.8, 4) is 0 Å². The number of H-pyrrole nitrogens is 1. The van der Waals surface area contributed by atoms with Crippen molar-refractivity contribution in [2.45, 2.75) is 40.2 Å². The first-order valence-electron chi connectivity index (χ1n) is 8.63. The van der Waals surface area contributed by atoms with Crippen LogP contribution in [0.1, 0.15) is 45.7 Å². The molecule has 0 aromatic carbocycles. The van der Waals surface area contributed by atoms with Crippen LogP contribution in [-0.4, -0.2) is 33.9 Å². The molecule has 3 heterocycles. The van der Waals surface area contributed by atoms with Crippen molar-refractivity contribution in [2.75, 3.05) is 18.0 Å². The third-order valence-corrected chi connectivity index (χ3v) is 4.80. The van der Waals surface area contributed by atoms with E-state index in [-0.39, 0.29) is 29.0 Å². The standard InChI is InChI=1S/C18H22ClN5O2/c1-10-8-11(2)21-16(25)13(10)9-20-17(26)14-12(3)15(23-18(19)22-14)24-6-4-5-7-24/h8H,4-7,9H2,1-3H3,(H,20,26)(H,21,25). The minimum absolute atomic E-state index is 0.0482. The lowest BCUT2D eigenvalue weighted by molar-refractivity contribution is 0.0945. The van der Waals surface area contributed by atoms with Crippen molar-refractivity contribution >= 4 is 23.3 Å². The summed E-state index contributed by atoms with van der Waals surface area (Å²) in [5.74, 6) is 0.337. The van der Waals surface area contributed by atoms with Gasteiger partial charge in [0.25, 0.3) is 11.5 Å². The second-order valence-corrected chi connectivity index (χ2v) is 6.95. The Morgan fingerprint density at radius 3 is 2.62 bits per heavy atom. The Morgan fingerprint density at radius 2 is 1.96 bits per heavy atom. The summed E-state index contributed by atoms with van der Waals surface area (Å²) in [7, 11) is 0. The van der Waals surface area contributed by atoms with Gasteiger partial charge in [0.2, 0.25) is 5.28 Å². The van der Waals surface area contributed by atoms with Gasteiger partial charge in [0.15, 0.2) is 0 Å². The van der Waals surface area contributed by atoms with Crippen molar-refractivity contribution in [3.05, 3.63) is 49.8 Å². The highest BCUT2D eigenvalue weighted by Gasteiger charge is 2.22. The molecule has 0 saturated carbocycles. The summed E-state index contributed by atoms with van der Waals surface area (Å²) < 4.78 is 0. The maximum Gasteiger partial charge on any atom is 0.270 e. The predicted molar refractivity (Wildman–Crippen MR) is 101 cm³/mol. The van der Waals surface area contributed by atoms with E-state index in [2.05, 4.69) is 25.2 Å². The average Bonchev–Trinajstić information content (AvgIpc) is 3.09. The van der Waals surface area contributed by atoms with Gasteiger partial charge in [-0.1, -0.05) is 0 Å². The van der Waals surface area contributed by atoms with Gasteiger partial charge in [-0.15, -0.1) is 0 Å². The highest BCUT2D eigenvalue weighted by molar-refractivity contribution is 6.28. The zero-order valence-electron chi connectivity index (χ0n) is 15.1. The molecule has 26 heavy (non-hydrogen) atoms. The molecule has 0 bridgehead atoms. The Kier molecular flexibility index (Phi) is 5.27. The molecule has 2 N–H and O–H groups in total. The van der Waals surface area contributed by atoms with Crippen molar-refractivity contribution in [3.63, 3.8) is 0 Å². The molecule has 1 saturated heterocycles. The number of nitrogens with one attached hydrogen (secondary N) is 2. The number of aromatic amines is 1. The van der Waals surface area contributed by atoms with E-state index in [0.29, 0.717) is 16.9 Å². The summed E-state index contributed by atoms with van der Waals surface area (Å²) in [4.78, 5) is 38.0. The van der Waals surface area contributed by atoms with Crippen molar-refractivity contribution < 1.29 is 4.79 Å². The topological polar surface area (TPSA) is 91.0 Å². The number of pyridine rings is 1. The number of aryl methyl sites for hydroxylation is 2. The smallest absolute Gasteiger partial charge is 0.270 e. The van der Waals surface area contributed by atoms with Crippen LogP contribution in [0.2, 0.25) is 5.28 Å². The number of carbonyl (C=O) groups excluding carboxylic acids is 1. The van der Waals surface area contributed by atoms with E-state index in [0.717, 1.165) is 37.2 Å². The normalized spacial score (nSPS) is 13.9. The fourth-order valence-electron chi connectivity index (χ4n) is 3.29. The van der Waals surface area contributed by atoms with Gasteiger partial charge in [-0.2, -0.15) is 0 Å². The van der Waals surface area contributed by atoms with E-state index in [9.17, 15) is 9.59 Å². The Bertz CT molecular complexity index is 903. The van der Waals surface area contributed by atoms with Gasteiger partial charge in [-0.25, -0.2) is 9.97 Å². The van der Waals surface area contributed by atoms with Gasteiger partial charge in [0.1, 0.15) is 11.5 Å². The fourth-order valence-corrected chi connectivity index (χ4v) is 3.45. The van der Waals surface area contributed by atoms with Crippen LogP contribution >= 0.6 is 11.6 Å². The summed E-state index contributed by atoms with van der Waals surface area (Å²) in [6.07, 6.45) is 2.19. The lowest BCUT2D eigenvalue weighted by Gasteiger charge is -2.20. The highest BCUT2D eigenvalue weighted by atomic mass is 35.5. The summed E-state index contributed by atoms with van der Waals surface area (Å²) in [6.45, 7) is 7.41. The van der Waals surface area contributed by atoms with Crippen molar-refractivity contribution in [1.29, 1.82) is 0 Å². The molecule has 3 rings (SSSR count). The molecule has 0 aliphatic carbocycles. The maximum absolute atomic E-state index is 12.7.